The Hall–Kier alpha value is -4.37. The highest BCUT2D eigenvalue weighted by atomic mass is 19.4. The molecule has 0 aliphatic heterocycles. The van der Waals surface area contributed by atoms with Crippen LogP contribution in [0.5, 0.6) is 0 Å². The predicted molar refractivity (Wildman–Crippen MR) is 125 cm³/mol. The molecule has 1 aromatic carbocycles. The van der Waals surface area contributed by atoms with E-state index in [0.29, 0.717) is 12.3 Å². The highest BCUT2D eigenvalue weighted by Crippen LogP contribution is 2.32. The molecule has 1 amide bonds. The molecule has 39 heavy (non-hydrogen) atoms. The second-order valence-corrected chi connectivity index (χ2v) is 7.84. The SMILES string of the molecule is CC(N)=NCCC[C@H](NC(=O)c1cccn(Cc2ccccc2C(F)(F)F)c1=O)C(=O)O.O=C(O)C(F)(F)F. The summed E-state index contributed by atoms with van der Waals surface area (Å²) in [5, 5.41) is 18.7. The summed E-state index contributed by atoms with van der Waals surface area (Å²) in [7, 11) is 0. The number of carboxylic acid groups (broad SMARTS) is 2. The van der Waals surface area contributed by atoms with Gasteiger partial charge in [-0.1, -0.05) is 18.2 Å². The van der Waals surface area contributed by atoms with Crippen molar-refractivity contribution < 1.29 is 50.9 Å². The van der Waals surface area contributed by atoms with Crippen LogP contribution in [-0.4, -0.2) is 57.2 Å². The number of nitrogens with two attached hydrogens (primary N) is 1. The number of carbonyl (C=O) groups is 3. The lowest BCUT2D eigenvalue weighted by atomic mass is 10.1. The zero-order valence-electron chi connectivity index (χ0n) is 20.2. The van der Waals surface area contributed by atoms with Gasteiger partial charge in [-0.3, -0.25) is 14.6 Å². The largest absolute Gasteiger partial charge is 0.490 e. The van der Waals surface area contributed by atoms with E-state index in [4.69, 9.17) is 15.6 Å². The fourth-order valence-corrected chi connectivity index (χ4v) is 3.00. The first-order valence-electron chi connectivity index (χ1n) is 10.9. The lowest BCUT2D eigenvalue weighted by molar-refractivity contribution is -0.192. The van der Waals surface area contributed by atoms with Gasteiger partial charge in [0.2, 0.25) is 0 Å². The van der Waals surface area contributed by atoms with Crippen molar-refractivity contribution in [2.45, 2.75) is 44.7 Å². The molecule has 1 aromatic heterocycles. The van der Waals surface area contributed by atoms with Crippen molar-refractivity contribution >= 4 is 23.7 Å². The third-order valence-electron chi connectivity index (χ3n) is 4.79. The van der Waals surface area contributed by atoms with E-state index in [1.54, 1.807) is 6.92 Å². The van der Waals surface area contributed by atoms with E-state index in [1.165, 1.54) is 36.5 Å². The topological polar surface area (TPSA) is 164 Å². The van der Waals surface area contributed by atoms with Crippen LogP contribution in [0.25, 0.3) is 0 Å². The Morgan fingerprint density at radius 3 is 2.15 bits per heavy atom. The molecule has 1 atom stereocenters. The van der Waals surface area contributed by atoms with Crippen LogP contribution >= 0.6 is 0 Å². The van der Waals surface area contributed by atoms with Gasteiger partial charge in [0, 0.05) is 12.7 Å². The third kappa shape index (κ3) is 10.9. The number of alkyl halides is 6. The Balaban J connectivity index is 0.000000956. The molecule has 0 aliphatic rings. The van der Waals surface area contributed by atoms with Gasteiger partial charge in [-0.2, -0.15) is 26.3 Å². The zero-order chi connectivity index (χ0) is 30.0. The molecule has 0 spiro atoms. The summed E-state index contributed by atoms with van der Waals surface area (Å²) in [6, 6.07) is 6.06. The Labute approximate surface area is 216 Å². The van der Waals surface area contributed by atoms with Crippen molar-refractivity contribution in [1.82, 2.24) is 9.88 Å². The van der Waals surface area contributed by atoms with E-state index >= 15 is 0 Å². The van der Waals surface area contributed by atoms with E-state index in [2.05, 4.69) is 10.3 Å². The number of nitrogens with zero attached hydrogens (tertiary/aromatic N) is 2. The number of aliphatic imine (C=N–C) groups is 1. The number of carboxylic acids is 2. The molecular weight excluding hydrogens is 542 g/mol. The van der Waals surface area contributed by atoms with Crippen LogP contribution in [0.2, 0.25) is 0 Å². The molecule has 0 saturated carbocycles. The van der Waals surface area contributed by atoms with Gasteiger partial charge in [0.1, 0.15) is 11.6 Å². The standard InChI is InChI=1S/C21H23F3N4O4.C2HF3O2/c1-13(25)26-10-4-9-17(20(31)32)27-18(29)15-7-5-11-28(19(15)30)12-14-6-2-3-8-16(14)21(22,23)24;3-2(4,5)1(6)7/h2-3,5-8,11,17H,4,9-10,12H2,1H3,(H2,25,26)(H,27,29)(H,31,32);(H,6,7)/t17-;/m0./s1. The number of benzene rings is 1. The molecule has 0 bridgehead atoms. The zero-order valence-corrected chi connectivity index (χ0v) is 20.2. The maximum atomic E-state index is 13.2. The molecule has 0 saturated heterocycles. The van der Waals surface area contributed by atoms with Crippen LogP contribution in [0, 0.1) is 0 Å². The van der Waals surface area contributed by atoms with Crippen molar-refractivity contribution in [1.29, 1.82) is 0 Å². The average molecular weight is 566 g/mol. The fourth-order valence-electron chi connectivity index (χ4n) is 3.00. The third-order valence-corrected chi connectivity index (χ3v) is 4.79. The normalized spacial score (nSPS) is 12.6. The first-order valence-corrected chi connectivity index (χ1v) is 10.9. The first kappa shape index (κ1) is 32.7. The van der Waals surface area contributed by atoms with Gasteiger partial charge in [-0.15, -0.1) is 0 Å². The van der Waals surface area contributed by atoms with Crippen LogP contribution in [0.1, 0.15) is 41.3 Å². The van der Waals surface area contributed by atoms with Gasteiger partial charge >= 0.3 is 24.3 Å². The van der Waals surface area contributed by atoms with Crippen molar-refractivity contribution in [2.75, 3.05) is 6.54 Å². The molecule has 16 heteroatoms. The van der Waals surface area contributed by atoms with Crippen molar-refractivity contribution in [2.24, 2.45) is 10.7 Å². The molecule has 1 heterocycles. The van der Waals surface area contributed by atoms with E-state index in [-0.39, 0.29) is 24.1 Å². The second kappa shape index (κ2) is 14.0. The van der Waals surface area contributed by atoms with Gasteiger partial charge < -0.3 is 25.8 Å². The predicted octanol–water partition coefficient (Wildman–Crippen LogP) is 2.89. The molecule has 2 aromatic rings. The fraction of sp³-hybridized carbons (Fsp3) is 0.348. The second-order valence-electron chi connectivity index (χ2n) is 7.84. The highest BCUT2D eigenvalue weighted by molar-refractivity contribution is 5.96. The van der Waals surface area contributed by atoms with Crippen LogP contribution in [0.4, 0.5) is 26.3 Å². The Morgan fingerprint density at radius 2 is 1.64 bits per heavy atom. The summed E-state index contributed by atoms with van der Waals surface area (Å²) in [6.45, 7) is 1.46. The number of hydrogen-bond donors (Lipinski definition) is 4. The van der Waals surface area contributed by atoms with Crippen molar-refractivity contribution in [3.63, 3.8) is 0 Å². The van der Waals surface area contributed by atoms with E-state index < -0.39 is 53.9 Å². The summed E-state index contributed by atoms with van der Waals surface area (Å²) >= 11 is 0. The highest BCUT2D eigenvalue weighted by Gasteiger charge is 2.38. The van der Waals surface area contributed by atoms with Gasteiger partial charge in [-0.25, -0.2) is 9.59 Å². The smallest absolute Gasteiger partial charge is 0.480 e. The van der Waals surface area contributed by atoms with Gasteiger partial charge in [-0.05, 0) is 43.5 Å². The molecule has 0 fully saturated rings. The van der Waals surface area contributed by atoms with E-state index in [1.807, 2.05) is 0 Å². The van der Waals surface area contributed by atoms with E-state index in [9.17, 15) is 45.8 Å². The first-order chi connectivity index (χ1) is 17.9. The molecule has 0 aliphatic carbocycles. The van der Waals surface area contributed by atoms with Crippen LogP contribution < -0.4 is 16.6 Å². The minimum absolute atomic E-state index is 0.0534. The number of pyridine rings is 1. The minimum atomic E-state index is -5.08. The number of hydrogen-bond acceptors (Lipinski definition) is 5. The summed E-state index contributed by atoms with van der Waals surface area (Å²) < 4.78 is 72.4. The number of nitrogens with one attached hydrogen (secondary N) is 1. The number of carbonyl (C=O) groups excluding carboxylic acids is 1. The average Bonchev–Trinajstić information content (AvgIpc) is 2.81. The summed E-state index contributed by atoms with van der Waals surface area (Å²) in [5.74, 6) is -4.63. The van der Waals surface area contributed by atoms with Crippen LogP contribution in [0.15, 0.2) is 52.4 Å². The summed E-state index contributed by atoms with van der Waals surface area (Å²) in [6.07, 6.45) is -8.04. The maximum Gasteiger partial charge on any atom is 0.490 e. The maximum absolute atomic E-state index is 13.2. The molecule has 10 nitrogen and oxygen atoms in total. The number of aliphatic carboxylic acids is 2. The molecule has 5 N–H and O–H groups in total. The molecule has 0 unspecified atom stereocenters. The van der Waals surface area contributed by atoms with Gasteiger partial charge in [0.15, 0.2) is 0 Å². The Morgan fingerprint density at radius 1 is 1.05 bits per heavy atom. The number of rotatable bonds is 9. The van der Waals surface area contributed by atoms with Crippen molar-refractivity contribution in [3.8, 4) is 0 Å². The molecule has 2 rings (SSSR count). The van der Waals surface area contributed by atoms with Crippen molar-refractivity contribution in [3.05, 3.63) is 69.6 Å². The molecule has 0 radical (unpaired) electrons. The van der Waals surface area contributed by atoms with Gasteiger partial charge in [0.05, 0.1) is 17.9 Å². The van der Waals surface area contributed by atoms with Gasteiger partial charge in [0.25, 0.3) is 11.5 Å². The Kier molecular flexibility index (Phi) is 11.7. The number of amides is 1. The van der Waals surface area contributed by atoms with E-state index in [0.717, 1.165) is 10.6 Å². The number of halogens is 6. The quantitative estimate of drug-likeness (QED) is 0.157. The summed E-state index contributed by atoms with van der Waals surface area (Å²) in [4.78, 5) is 49.5. The molecular formula is C23H24F6N4O6. The minimum Gasteiger partial charge on any atom is -0.480 e. The lowest BCUT2D eigenvalue weighted by Crippen LogP contribution is -2.43. The number of amidine groups is 1. The number of aromatic nitrogens is 1. The van der Waals surface area contributed by atoms with Crippen LogP contribution in [0.3, 0.4) is 0 Å². The Bertz CT molecular complexity index is 1250. The summed E-state index contributed by atoms with van der Waals surface area (Å²) in [5.41, 5.74) is 3.17. The monoisotopic (exact) mass is 566 g/mol. The molecule has 214 valence electrons. The van der Waals surface area contributed by atoms with Crippen LogP contribution in [-0.2, 0) is 22.3 Å². The lowest BCUT2D eigenvalue weighted by Gasteiger charge is -2.16.